The van der Waals surface area contributed by atoms with E-state index in [1.54, 1.807) is 0 Å². The first-order valence-electron chi connectivity index (χ1n) is 7.93. The van der Waals surface area contributed by atoms with Crippen LogP contribution in [-0.2, 0) is 16.0 Å². The van der Waals surface area contributed by atoms with Gasteiger partial charge in [0.25, 0.3) is 5.91 Å². The van der Waals surface area contributed by atoms with Crippen LogP contribution in [0.25, 0.3) is 0 Å². The van der Waals surface area contributed by atoms with Gasteiger partial charge in [0.15, 0.2) is 0 Å². The molecule has 0 radical (unpaired) electrons. The van der Waals surface area contributed by atoms with Gasteiger partial charge in [-0.25, -0.2) is 0 Å². The van der Waals surface area contributed by atoms with Crippen molar-refractivity contribution in [3.63, 3.8) is 0 Å². The van der Waals surface area contributed by atoms with Crippen LogP contribution >= 0.6 is 0 Å². The summed E-state index contributed by atoms with van der Waals surface area (Å²) in [6.07, 6.45) is 1.59. The minimum atomic E-state index is -0.360. The minimum absolute atomic E-state index is 0.0205. The van der Waals surface area contributed by atoms with Crippen molar-refractivity contribution in [2.45, 2.75) is 47.0 Å². The molecule has 0 unspecified atom stereocenters. The Labute approximate surface area is 137 Å². The number of hydrogen-bond acceptors (Lipinski definition) is 3. The molecule has 0 atom stereocenters. The number of anilines is 2. The molecule has 5 nitrogen and oxygen atoms in total. The summed E-state index contributed by atoms with van der Waals surface area (Å²) in [7, 11) is 0. The van der Waals surface area contributed by atoms with E-state index >= 15 is 0 Å². The van der Waals surface area contributed by atoms with Gasteiger partial charge < -0.3 is 16.0 Å². The Kier molecular flexibility index (Phi) is 6.69. The minimum Gasteiger partial charge on any atom is -0.326 e. The van der Waals surface area contributed by atoms with E-state index < -0.39 is 0 Å². The molecule has 1 aliphatic rings. The molecular formula is C18H25N3O2. The highest BCUT2D eigenvalue weighted by Gasteiger charge is 2.18. The van der Waals surface area contributed by atoms with E-state index in [1.807, 2.05) is 39.8 Å². The summed E-state index contributed by atoms with van der Waals surface area (Å²) in [6.45, 7) is 11.4. The number of benzene rings is 1. The number of carbonyl (C=O) groups is 2. The summed E-state index contributed by atoms with van der Waals surface area (Å²) in [6, 6.07) is 3.67. The summed E-state index contributed by atoms with van der Waals surface area (Å²) >= 11 is 0. The fourth-order valence-electron chi connectivity index (χ4n) is 2.32. The van der Waals surface area contributed by atoms with Crippen LogP contribution in [-0.4, -0.2) is 17.5 Å². The maximum absolute atomic E-state index is 12.0. The van der Waals surface area contributed by atoms with Gasteiger partial charge in [-0.2, -0.15) is 0 Å². The predicted octanol–water partition coefficient (Wildman–Crippen LogP) is 3.83. The largest absolute Gasteiger partial charge is 0.326 e. The molecule has 0 aliphatic carbocycles. The van der Waals surface area contributed by atoms with Crippen LogP contribution in [0.5, 0.6) is 0 Å². The molecule has 0 bridgehead atoms. The number of amides is 2. The standard InChI is InChI=1S/C16H19N3O2.C2H6/c1-4-13(17)10(3)16(21)18-12-7-9(2)15-11(8-12)5-6-14(20)19-15;1-2/h7-8,17H,3-6H2,1-2H3,(H,18,21)(H,19,20);1-2H3. The van der Waals surface area contributed by atoms with Crippen molar-refractivity contribution in [1.82, 2.24) is 0 Å². The third-order valence-electron chi connectivity index (χ3n) is 3.55. The molecule has 5 heteroatoms. The highest BCUT2D eigenvalue weighted by atomic mass is 16.2. The van der Waals surface area contributed by atoms with E-state index in [0.29, 0.717) is 24.9 Å². The van der Waals surface area contributed by atoms with E-state index in [-0.39, 0.29) is 23.1 Å². The SMILES string of the molecule is C=C(C(=N)CC)C(=O)Nc1cc(C)c2c(c1)CCC(=O)N2.CC. The lowest BCUT2D eigenvalue weighted by Gasteiger charge is -2.20. The maximum atomic E-state index is 12.0. The van der Waals surface area contributed by atoms with Gasteiger partial charge in [0.2, 0.25) is 5.91 Å². The van der Waals surface area contributed by atoms with Crippen molar-refractivity contribution in [2.24, 2.45) is 0 Å². The number of carbonyl (C=O) groups excluding carboxylic acids is 2. The van der Waals surface area contributed by atoms with Gasteiger partial charge in [0.05, 0.1) is 5.57 Å². The van der Waals surface area contributed by atoms with E-state index in [4.69, 9.17) is 5.41 Å². The average Bonchev–Trinajstić information content (AvgIpc) is 2.56. The summed E-state index contributed by atoms with van der Waals surface area (Å²) in [5, 5.41) is 13.3. The molecule has 0 spiro atoms. The molecule has 2 rings (SSSR count). The van der Waals surface area contributed by atoms with Crippen LogP contribution in [0.4, 0.5) is 11.4 Å². The zero-order valence-corrected chi connectivity index (χ0v) is 14.3. The molecule has 1 aromatic rings. The molecule has 3 N–H and O–H groups in total. The molecule has 124 valence electrons. The van der Waals surface area contributed by atoms with Crippen LogP contribution in [0.2, 0.25) is 0 Å². The fourth-order valence-corrected chi connectivity index (χ4v) is 2.32. The molecule has 0 saturated heterocycles. The second kappa shape index (κ2) is 8.27. The Balaban J connectivity index is 0.00000127. The van der Waals surface area contributed by atoms with Gasteiger partial charge in [-0.05, 0) is 43.0 Å². The lowest BCUT2D eigenvalue weighted by Crippen LogP contribution is -2.22. The third kappa shape index (κ3) is 4.52. The molecular weight excluding hydrogens is 290 g/mol. The quantitative estimate of drug-likeness (QED) is 0.583. The second-order valence-corrected chi connectivity index (χ2v) is 5.14. The normalized spacial score (nSPS) is 12.3. The van der Waals surface area contributed by atoms with Gasteiger partial charge in [-0.1, -0.05) is 27.4 Å². The Morgan fingerprint density at radius 1 is 1.35 bits per heavy atom. The van der Waals surface area contributed by atoms with Crippen molar-refractivity contribution < 1.29 is 9.59 Å². The summed E-state index contributed by atoms with van der Waals surface area (Å²) < 4.78 is 0. The highest BCUT2D eigenvalue weighted by molar-refractivity contribution is 6.23. The number of fused-ring (bicyclic) bond motifs is 1. The Hall–Kier alpha value is -2.43. The number of hydrogen-bond donors (Lipinski definition) is 3. The van der Waals surface area contributed by atoms with Crippen LogP contribution in [0.1, 0.15) is 44.7 Å². The van der Waals surface area contributed by atoms with Crippen LogP contribution in [0.3, 0.4) is 0 Å². The molecule has 23 heavy (non-hydrogen) atoms. The zero-order chi connectivity index (χ0) is 17.6. The molecule has 1 aliphatic heterocycles. The summed E-state index contributed by atoms with van der Waals surface area (Å²) in [5.74, 6) is -0.340. The first kappa shape index (κ1) is 18.6. The van der Waals surface area contributed by atoms with Gasteiger partial charge in [0.1, 0.15) is 0 Å². The third-order valence-corrected chi connectivity index (χ3v) is 3.55. The molecule has 1 heterocycles. The number of nitrogens with one attached hydrogen (secondary N) is 3. The van der Waals surface area contributed by atoms with Crippen molar-refractivity contribution in [3.8, 4) is 0 Å². The van der Waals surface area contributed by atoms with Crippen LogP contribution in [0.15, 0.2) is 24.3 Å². The van der Waals surface area contributed by atoms with Gasteiger partial charge in [-0.15, -0.1) is 0 Å². The smallest absolute Gasteiger partial charge is 0.256 e. The Bertz CT molecular complexity index is 648. The van der Waals surface area contributed by atoms with Crippen molar-refractivity contribution in [1.29, 1.82) is 5.41 Å². The number of rotatable bonds is 4. The zero-order valence-electron chi connectivity index (χ0n) is 14.3. The molecule has 2 amide bonds. The maximum Gasteiger partial charge on any atom is 0.256 e. The van der Waals surface area contributed by atoms with Crippen molar-refractivity contribution in [2.75, 3.05) is 10.6 Å². The predicted molar refractivity (Wildman–Crippen MR) is 95.3 cm³/mol. The summed E-state index contributed by atoms with van der Waals surface area (Å²) in [5.41, 5.74) is 3.84. The second-order valence-electron chi connectivity index (χ2n) is 5.14. The van der Waals surface area contributed by atoms with Gasteiger partial charge in [0, 0.05) is 23.5 Å². The van der Waals surface area contributed by atoms with E-state index in [9.17, 15) is 9.59 Å². The van der Waals surface area contributed by atoms with E-state index in [1.165, 1.54) is 0 Å². The average molecular weight is 315 g/mol. The first-order chi connectivity index (χ1) is 10.9. The lowest BCUT2D eigenvalue weighted by atomic mass is 9.98. The van der Waals surface area contributed by atoms with Crippen LogP contribution in [0, 0.1) is 12.3 Å². The van der Waals surface area contributed by atoms with Crippen LogP contribution < -0.4 is 10.6 Å². The lowest BCUT2D eigenvalue weighted by molar-refractivity contribution is -0.116. The Morgan fingerprint density at radius 3 is 2.61 bits per heavy atom. The molecule has 0 fully saturated rings. The first-order valence-corrected chi connectivity index (χ1v) is 7.93. The topological polar surface area (TPSA) is 82.1 Å². The van der Waals surface area contributed by atoms with Crippen molar-refractivity contribution >= 4 is 28.9 Å². The Morgan fingerprint density at radius 2 is 2.00 bits per heavy atom. The van der Waals surface area contributed by atoms with E-state index in [2.05, 4.69) is 17.2 Å². The molecule has 0 saturated carbocycles. The molecule has 0 aromatic heterocycles. The van der Waals surface area contributed by atoms with Crippen molar-refractivity contribution in [3.05, 3.63) is 35.4 Å². The summed E-state index contributed by atoms with van der Waals surface area (Å²) in [4.78, 5) is 23.4. The van der Waals surface area contributed by atoms with E-state index in [0.717, 1.165) is 16.8 Å². The number of aryl methyl sites for hydroxylation is 2. The molecule has 1 aromatic carbocycles. The monoisotopic (exact) mass is 315 g/mol. The fraction of sp³-hybridized carbons (Fsp3) is 0.389. The highest BCUT2D eigenvalue weighted by Crippen LogP contribution is 2.29. The van der Waals surface area contributed by atoms with Gasteiger partial charge >= 0.3 is 0 Å². The van der Waals surface area contributed by atoms with Gasteiger partial charge in [-0.3, -0.25) is 9.59 Å².